The number of anilines is 1. The molecule has 3 aromatic carbocycles. The van der Waals surface area contributed by atoms with Gasteiger partial charge in [-0.15, -0.1) is 0 Å². The first-order valence-corrected chi connectivity index (χ1v) is 17.2. The Bertz CT molecular complexity index is 1760. The number of carbonyl (C=O) groups is 4. The summed E-state index contributed by atoms with van der Waals surface area (Å²) >= 11 is 0. The molecule has 0 unspecified atom stereocenters. The molecule has 0 saturated carbocycles. The normalized spacial score (nSPS) is 21.9. The number of hydrogen-bond donors (Lipinski definition) is 1. The number of β-lactam (4-membered cyclic amide) rings is 1. The lowest BCUT2D eigenvalue weighted by atomic mass is 9.97. The van der Waals surface area contributed by atoms with Crippen molar-refractivity contribution in [2.45, 2.75) is 56.7 Å². The lowest BCUT2D eigenvalue weighted by Crippen LogP contribution is -2.73. The minimum atomic E-state index is -1.73. The van der Waals surface area contributed by atoms with Crippen LogP contribution in [0.1, 0.15) is 50.8 Å². The Kier molecular flexibility index (Phi) is 9.32. The SMILES string of the molecule is CC(C)(C)OC(=O)N[C@@H]1C(=O)N2C(C(=O)OC(c3ccccc3)c3ccccc3)=C(C=C3CCCN(c4ccccc4)C3=O)C[S@](=O)[C@H]12. The topological polar surface area (TPSA) is 122 Å². The summed E-state index contributed by atoms with van der Waals surface area (Å²) in [4.78, 5) is 57.2. The maximum Gasteiger partial charge on any atom is 0.408 e. The van der Waals surface area contributed by atoms with Gasteiger partial charge in [0.25, 0.3) is 11.8 Å². The van der Waals surface area contributed by atoms with E-state index in [9.17, 15) is 23.4 Å². The summed E-state index contributed by atoms with van der Waals surface area (Å²) in [5.41, 5.74) is 1.96. The zero-order valence-corrected chi connectivity index (χ0v) is 27.8. The molecule has 3 aliphatic heterocycles. The van der Waals surface area contributed by atoms with Crippen LogP contribution in [0.5, 0.6) is 0 Å². The Morgan fingerprint density at radius 1 is 0.917 bits per heavy atom. The van der Waals surface area contributed by atoms with Crippen molar-refractivity contribution in [2.24, 2.45) is 0 Å². The van der Waals surface area contributed by atoms with Crippen molar-refractivity contribution < 1.29 is 32.9 Å². The highest BCUT2D eigenvalue weighted by atomic mass is 32.2. The summed E-state index contributed by atoms with van der Waals surface area (Å²) in [6.07, 6.45) is 1.06. The van der Waals surface area contributed by atoms with Gasteiger partial charge < -0.3 is 19.7 Å². The number of carbonyl (C=O) groups excluding carboxylic acids is 4. The molecule has 0 spiro atoms. The Morgan fingerprint density at radius 3 is 2.08 bits per heavy atom. The van der Waals surface area contributed by atoms with E-state index in [1.165, 1.54) is 0 Å². The number of ether oxygens (including phenoxy) is 2. The van der Waals surface area contributed by atoms with Crippen LogP contribution in [0.4, 0.5) is 10.5 Å². The number of alkyl carbamates (subject to hydrolysis) is 1. The molecule has 0 bridgehead atoms. The van der Waals surface area contributed by atoms with Gasteiger partial charge >= 0.3 is 12.1 Å². The standard InChI is InChI=1S/C37H37N3O7S/c1-37(2,3)47-36(44)38-29-33(42)40-30(35(43)46-31(24-14-7-4-8-15-24)25-16-9-5-10-17-25)27(23-48(45)34(29)40)22-26-18-13-21-39(32(26)41)28-19-11-6-12-20-28/h4-12,14-17,19-20,22,29,31,34H,13,18,21,23H2,1-3H3,(H,38,44)/t29-,34-,48+/m1/s1. The van der Waals surface area contributed by atoms with Gasteiger partial charge in [0, 0.05) is 17.8 Å². The highest BCUT2D eigenvalue weighted by molar-refractivity contribution is 7.86. The summed E-state index contributed by atoms with van der Waals surface area (Å²) in [6, 6.07) is 26.6. The second-order valence-corrected chi connectivity index (χ2v) is 14.3. The molecule has 248 valence electrons. The van der Waals surface area contributed by atoms with E-state index in [0.29, 0.717) is 36.1 Å². The van der Waals surface area contributed by atoms with Gasteiger partial charge in [-0.25, -0.2) is 9.59 Å². The van der Waals surface area contributed by atoms with Gasteiger partial charge in [-0.05, 0) is 68.5 Å². The predicted octanol–water partition coefficient (Wildman–Crippen LogP) is 5.15. The fourth-order valence-corrected chi connectivity index (χ4v) is 7.72. The second-order valence-electron chi connectivity index (χ2n) is 12.8. The van der Waals surface area contributed by atoms with Crippen molar-refractivity contribution in [3.63, 3.8) is 0 Å². The zero-order chi connectivity index (χ0) is 34.0. The number of rotatable bonds is 7. The minimum absolute atomic E-state index is 0.0964. The van der Waals surface area contributed by atoms with E-state index >= 15 is 0 Å². The van der Waals surface area contributed by atoms with Crippen LogP contribution in [0, 0.1) is 0 Å². The van der Waals surface area contributed by atoms with Crippen LogP contribution >= 0.6 is 0 Å². The van der Waals surface area contributed by atoms with Crippen LogP contribution in [0.2, 0.25) is 0 Å². The van der Waals surface area contributed by atoms with Crippen LogP contribution in [0.3, 0.4) is 0 Å². The minimum Gasteiger partial charge on any atom is -0.448 e. The summed E-state index contributed by atoms with van der Waals surface area (Å²) < 4.78 is 25.3. The number of piperidine rings is 1. The Labute approximate surface area is 281 Å². The van der Waals surface area contributed by atoms with E-state index in [1.54, 1.807) is 31.7 Å². The molecule has 2 fully saturated rings. The third-order valence-electron chi connectivity index (χ3n) is 8.21. The molecule has 48 heavy (non-hydrogen) atoms. The summed E-state index contributed by atoms with van der Waals surface area (Å²) in [5.74, 6) is -1.80. The molecule has 3 atom stereocenters. The lowest BCUT2D eigenvalue weighted by Gasteiger charge is -2.49. The van der Waals surface area contributed by atoms with Gasteiger partial charge in [0.05, 0.1) is 16.6 Å². The van der Waals surface area contributed by atoms with Gasteiger partial charge in [0.2, 0.25) is 0 Å². The molecule has 3 aliphatic rings. The fraction of sp³-hybridized carbons (Fsp3) is 0.297. The average Bonchev–Trinajstić information content (AvgIpc) is 3.07. The maximum atomic E-state index is 14.3. The average molecular weight is 668 g/mol. The zero-order valence-electron chi connectivity index (χ0n) is 27.0. The first-order chi connectivity index (χ1) is 23.0. The molecule has 3 amide bonds. The van der Waals surface area contributed by atoms with E-state index in [4.69, 9.17) is 9.47 Å². The summed E-state index contributed by atoms with van der Waals surface area (Å²) in [5, 5.41) is 1.51. The number of benzene rings is 3. The number of amides is 3. The van der Waals surface area contributed by atoms with Crippen LogP contribution < -0.4 is 10.2 Å². The molecule has 1 N–H and O–H groups in total. The van der Waals surface area contributed by atoms with Crippen molar-refractivity contribution in [1.29, 1.82) is 0 Å². The molecule has 6 rings (SSSR count). The van der Waals surface area contributed by atoms with Gasteiger partial charge in [-0.1, -0.05) is 78.9 Å². The van der Waals surface area contributed by atoms with Crippen LogP contribution in [-0.4, -0.2) is 62.3 Å². The third-order valence-corrected chi connectivity index (χ3v) is 9.83. The van der Waals surface area contributed by atoms with Crippen molar-refractivity contribution in [3.8, 4) is 0 Å². The molecule has 3 heterocycles. The molecule has 3 aromatic rings. The Hall–Kier alpha value is -5.03. The molecular formula is C37H37N3O7S. The van der Waals surface area contributed by atoms with Crippen LogP contribution in [-0.2, 0) is 34.7 Å². The van der Waals surface area contributed by atoms with Gasteiger partial charge in [0.15, 0.2) is 6.10 Å². The number of para-hydroxylation sites is 1. The van der Waals surface area contributed by atoms with E-state index in [1.807, 2.05) is 91.0 Å². The van der Waals surface area contributed by atoms with Crippen molar-refractivity contribution in [2.75, 3.05) is 17.2 Å². The van der Waals surface area contributed by atoms with Crippen molar-refractivity contribution in [3.05, 3.63) is 125 Å². The first-order valence-electron chi connectivity index (χ1n) is 15.8. The summed E-state index contributed by atoms with van der Waals surface area (Å²) in [6.45, 7) is 5.61. The lowest BCUT2D eigenvalue weighted by molar-refractivity contribution is -0.153. The number of hydrogen-bond acceptors (Lipinski definition) is 7. The van der Waals surface area contributed by atoms with Gasteiger partial charge in [0.1, 0.15) is 22.7 Å². The predicted molar refractivity (Wildman–Crippen MR) is 181 cm³/mol. The Balaban J connectivity index is 1.39. The van der Waals surface area contributed by atoms with Crippen LogP contribution in [0.15, 0.2) is 114 Å². The molecule has 2 saturated heterocycles. The number of allylic oxidation sites excluding steroid dienone is 1. The molecule has 10 nitrogen and oxygen atoms in total. The number of nitrogens with zero attached hydrogens (tertiary/aromatic N) is 2. The smallest absolute Gasteiger partial charge is 0.408 e. The second kappa shape index (κ2) is 13.6. The number of nitrogens with one attached hydrogen (secondary N) is 1. The van der Waals surface area contributed by atoms with Crippen molar-refractivity contribution in [1.82, 2.24) is 10.2 Å². The number of esters is 1. The van der Waals surface area contributed by atoms with Gasteiger partial charge in [-0.3, -0.25) is 18.7 Å². The van der Waals surface area contributed by atoms with E-state index in [0.717, 1.165) is 10.6 Å². The highest BCUT2D eigenvalue weighted by Gasteiger charge is 2.57. The van der Waals surface area contributed by atoms with E-state index < -0.39 is 51.9 Å². The molecule has 11 heteroatoms. The van der Waals surface area contributed by atoms with Crippen molar-refractivity contribution >= 4 is 40.4 Å². The number of fused-ring (bicyclic) bond motifs is 1. The molecule has 0 aliphatic carbocycles. The first kappa shape index (κ1) is 32.9. The maximum absolute atomic E-state index is 14.3. The molecular weight excluding hydrogens is 630 g/mol. The van der Waals surface area contributed by atoms with E-state index in [2.05, 4.69) is 5.32 Å². The Morgan fingerprint density at radius 2 is 1.50 bits per heavy atom. The molecule has 0 aromatic heterocycles. The summed E-state index contributed by atoms with van der Waals surface area (Å²) in [7, 11) is -1.73. The molecule has 0 radical (unpaired) electrons. The fourth-order valence-electron chi connectivity index (χ4n) is 6.09. The quantitative estimate of drug-likeness (QED) is 0.210. The largest absolute Gasteiger partial charge is 0.448 e. The van der Waals surface area contributed by atoms with Gasteiger partial charge in [-0.2, -0.15) is 0 Å². The third kappa shape index (κ3) is 6.82. The van der Waals surface area contributed by atoms with E-state index in [-0.39, 0.29) is 22.9 Å². The van der Waals surface area contributed by atoms with Crippen LogP contribution in [0.25, 0.3) is 0 Å². The highest BCUT2D eigenvalue weighted by Crippen LogP contribution is 2.38. The monoisotopic (exact) mass is 667 g/mol.